The smallest absolute Gasteiger partial charge is 0.222 e. The van der Waals surface area contributed by atoms with E-state index in [-0.39, 0.29) is 5.91 Å². The van der Waals surface area contributed by atoms with E-state index in [0.717, 1.165) is 37.6 Å². The van der Waals surface area contributed by atoms with Crippen molar-refractivity contribution in [3.63, 3.8) is 0 Å². The molecule has 1 aliphatic heterocycles. The molecular formula is C15H21ClN2O2. The number of hydrogen-bond donors (Lipinski definition) is 0. The van der Waals surface area contributed by atoms with Gasteiger partial charge in [0, 0.05) is 44.4 Å². The lowest BCUT2D eigenvalue weighted by Gasteiger charge is -2.36. The van der Waals surface area contributed by atoms with Crippen molar-refractivity contribution in [3.8, 4) is 5.75 Å². The Hall–Kier alpha value is -1.42. The van der Waals surface area contributed by atoms with Gasteiger partial charge in [0.2, 0.25) is 5.91 Å². The van der Waals surface area contributed by atoms with Gasteiger partial charge in [0.15, 0.2) is 0 Å². The molecule has 1 aliphatic rings. The van der Waals surface area contributed by atoms with E-state index in [1.165, 1.54) is 0 Å². The molecule has 1 saturated heterocycles. The number of hydrogen-bond acceptors (Lipinski definition) is 3. The number of rotatable bonds is 4. The minimum Gasteiger partial charge on any atom is -0.492 e. The topological polar surface area (TPSA) is 32.8 Å². The first-order valence-corrected chi connectivity index (χ1v) is 7.48. The number of benzene rings is 1. The fourth-order valence-electron chi connectivity index (χ4n) is 2.39. The van der Waals surface area contributed by atoms with Crippen molar-refractivity contribution in [2.24, 2.45) is 0 Å². The van der Waals surface area contributed by atoms with Crippen molar-refractivity contribution >= 4 is 23.2 Å². The molecule has 110 valence electrons. The lowest BCUT2D eigenvalue weighted by Crippen LogP contribution is -2.48. The zero-order valence-electron chi connectivity index (χ0n) is 12.1. The molecule has 5 heteroatoms. The molecule has 0 saturated carbocycles. The molecule has 1 heterocycles. The van der Waals surface area contributed by atoms with Gasteiger partial charge in [-0.15, -0.1) is 0 Å². The zero-order valence-corrected chi connectivity index (χ0v) is 12.8. The second kappa shape index (κ2) is 6.84. The third kappa shape index (κ3) is 3.37. The van der Waals surface area contributed by atoms with E-state index in [0.29, 0.717) is 18.1 Å². The number of carbonyl (C=O) groups is 1. The zero-order chi connectivity index (χ0) is 14.5. The van der Waals surface area contributed by atoms with Gasteiger partial charge in [0.1, 0.15) is 5.75 Å². The molecule has 0 N–H and O–H groups in total. The summed E-state index contributed by atoms with van der Waals surface area (Å²) < 4.78 is 5.52. The molecule has 1 amide bonds. The van der Waals surface area contributed by atoms with E-state index in [2.05, 4.69) is 4.90 Å². The SMILES string of the molecule is CCOc1cc(N2CCN(C(=O)CC)CC2)ccc1Cl. The van der Waals surface area contributed by atoms with Crippen LogP contribution in [0.2, 0.25) is 5.02 Å². The Bertz CT molecular complexity index is 471. The van der Waals surface area contributed by atoms with Gasteiger partial charge >= 0.3 is 0 Å². The average Bonchev–Trinajstić information content (AvgIpc) is 2.49. The third-order valence-electron chi connectivity index (χ3n) is 3.51. The number of anilines is 1. The highest BCUT2D eigenvalue weighted by molar-refractivity contribution is 6.32. The van der Waals surface area contributed by atoms with Crippen molar-refractivity contribution in [3.05, 3.63) is 23.2 Å². The molecular weight excluding hydrogens is 276 g/mol. The third-order valence-corrected chi connectivity index (χ3v) is 3.83. The minimum absolute atomic E-state index is 0.232. The Morgan fingerprint density at radius 2 is 1.95 bits per heavy atom. The molecule has 1 aromatic carbocycles. The first kappa shape index (κ1) is 15.0. The summed E-state index contributed by atoms with van der Waals surface area (Å²) in [6, 6.07) is 5.84. The van der Waals surface area contributed by atoms with E-state index in [1.54, 1.807) is 0 Å². The van der Waals surface area contributed by atoms with Crippen molar-refractivity contribution in [1.29, 1.82) is 0 Å². The fourth-order valence-corrected chi connectivity index (χ4v) is 2.56. The normalized spacial score (nSPS) is 15.3. The van der Waals surface area contributed by atoms with Crippen molar-refractivity contribution < 1.29 is 9.53 Å². The standard InChI is InChI=1S/C15H21ClN2O2/c1-3-15(19)18-9-7-17(8-10-18)12-5-6-13(16)14(11-12)20-4-2/h5-6,11H,3-4,7-10H2,1-2H3. The van der Waals surface area contributed by atoms with Crippen LogP contribution in [-0.4, -0.2) is 43.6 Å². The van der Waals surface area contributed by atoms with Crippen LogP contribution in [0.25, 0.3) is 0 Å². The summed E-state index contributed by atoms with van der Waals surface area (Å²) in [5, 5.41) is 0.635. The van der Waals surface area contributed by atoms with Crippen LogP contribution in [0.4, 0.5) is 5.69 Å². The predicted octanol–water partition coefficient (Wildman–Crippen LogP) is 2.80. The molecule has 1 fully saturated rings. The average molecular weight is 297 g/mol. The van der Waals surface area contributed by atoms with Gasteiger partial charge in [-0.05, 0) is 19.1 Å². The summed E-state index contributed by atoms with van der Waals surface area (Å²) in [7, 11) is 0. The van der Waals surface area contributed by atoms with Gasteiger partial charge in [0.25, 0.3) is 0 Å². The lowest BCUT2D eigenvalue weighted by molar-refractivity contribution is -0.131. The second-order valence-corrected chi connectivity index (χ2v) is 5.18. The number of ether oxygens (including phenoxy) is 1. The minimum atomic E-state index is 0.232. The maximum absolute atomic E-state index is 11.7. The van der Waals surface area contributed by atoms with Crippen LogP contribution in [0.15, 0.2) is 18.2 Å². The van der Waals surface area contributed by atoms with E-state index < -0.39 is 0 Å². The predicted molar refractivity (Wildman–Crippen MR) is 81.7 cm³/mol. The molecule has 0 spiro atoms. The molecule has 0 unspecified atom stereocenters. The number of piperazine rings is 1. The van der Waals surface area contributed by atoms with Gasteiger partial charge in [-0.1, -0.05) is 18.5 Å². The number of carbonyl (C=O) groups excluding carboxylic acids is 1. The molecule has 0 atom stereocenters. The van der Waals surface area contributed by atoms with E-state index in [4.69, 9.17) is 16.3 Å². The molecule has 20 heavy (non-hydrogen) atoms. The first-order valence-electron chi connectivity index (χ1n) is 7.10. The lowest BCUT2D eigenvalue weighted by atomic mass is 10.2. The summed E-state index contributed by atoms with van der Waals surface area (Å²) in [6.45, 7) is 7.69. The van der Waals surface area contributed by atoms with Crippen LogP contribution in [0.1, 0.15) is 20.3 Å². The van der Waals surface area contributed by atoms with Crippen LogP contribution in [0.5, 0.6) is 5.75 Å². The summed E-state index contributed by atoms with van der Waals surface area (Å²) in [5.41, 5.74) is 1.10. The van der Waals surface area contributed by atoms with Gasteiger partial charge in [-0.25, -0.2) is 0 Å². The van der Waals surface area contributed by atoms with Gasteiger partial charge in [0.05, 0.1) is 11.6 Å². The van der Waals surface area contributed by atoms with E-state index in [1.807, 2.05) is 36.9 Å². The number of nitrogens with zero attached hydrogens (tertiary/aromatic N) is 2. The van der Waals surface area contributed by atoms with Crippen LogP contribution in [0.3, 0.4) is 0 Å². The Morgan fingerprint density at radius 1 is 1.25 bits per heavy atom. The molecule has 0 radical (unpaired) electrons. The van der Waals surface area contributed by atoms with Gasteiger partial charge in [-0.3, -0.25) is 4.79 Å². The highest BCUT2D eigenvalue weighted by Crippen LogP contribution is 2.30. The molecule has 0 aliphatic carbocycles. The molecule has 4 nitrogen and oxygen atoms in total. The summed E-state index contributed by atoms with van der Waals surface area (Å²) in [6.07, 6.45) is 0.579. The van der Waals surface area contributed by atoms with Crippen molar-refractivity contribution in [2.75, 3.05) is 37.7 Å². The van der Waals surface area contributed by atoms with Crippen LogP contribution in [-0.2, 0) is 4.79 Å². The van der Waals surface area contributed by atoms with E-state index >= 15 is 0 Å². The van der Waals surface area contributed by atoms with Gasteiger partial charge < -0.3 is 14.5 Å². The largest absolute Gasteiger partial charge is 0.492 e. The van der Waals surface area contributed by atoms with Crippen molar-refractivity contribution in [2.45, 2.75) is 20.3 Å². The van der Waals surface area contributed by atoms with Crippen LogP contribution in [0, 0.1) is 0 Å². The van der Waals surface area contributed by atoms with Crippen molar-refractivity contribution in [1.82, 2.24) is 4.90 Å². The Labute approximate surface area is 125 Å². The summed E-state index contributed by atoms with van der Waals surface area (Å²) >= 11 is 6.10. The van der Waals surface area contributed by atoms with Crippen LogP contribution < -0.4 is 9.64 Å². The molecule has 2 rings (SSSR count). The fraction of sp³-hybridized carbons (Fsp3) is 0.533. The molecule has 0 bridgehead atoms. The Kier molecular flexibility index (Phi) is 5.12. The monoisotopic (exact) mass is 296 g/mol. The van der Waals surface area contributed by atoms with Crippen LogP contribution >= 0.6 is 11.6 Å². The highest BCUT2D eigenvalue weighted by Gasteiger charge is 2.20. The quantitative estimate of drug-likeness (QED) is 0.856. The Balaban J connectivity index is 2.03. The maximum Gasteiger partial charge on any atom is 0.222 e. The number of amides is 1. The highest BCUT2D eigenvalue weighted by atomic mass is 35.5. The molecule has 1 aromatic rings. The van der Waals surface area contributed by atoms with E-state index in [9.17, 15) is 4.79 Å². The van der Waals surface area contributed by atoms with Gasteiger partial charge in [-0.2, -0.15) is 0 Å². The summed E-state index contributed by atoms with van der Waals surface area (Å²) in [4.78, 5) is 15.9. The number of halogens is 1. The molecule has 0 aromatic heterocycles. The maximum atomic E-state index is 11.7. The first-order chi connectivity index (χ1) is 9.65. The summed E-state index contributed by atoms with van der Waals surface area (Å²) in [5.74, 6) is 0.953. The second-order valence-electron chi connectivity index (χ2n) is 4.77. The Morgan fingerprint density at radius 3 is 2.55 bits per heavy atom.